The molecule has 1 saturated heterocycles. The molecule has 1 heterocycles. The van der Waals surface area contributed by atoms with Crippen molar-refractivity contribution in [3.8, 4) is 0 Å². The van der Waals surface area contributed by atoms with E-state index < -0.39 is 10.2 Å². The highest BCUT2D eigenvalue weighted by atomic mass is 32.2. The zero-order chi connectivity index (χ0) is 15.0. The van der Waals surface area contributed by atoms with E-state index in [0.29, 0.717) is 19.0 Å². The molecule has 0 N–H and O–H groups in total. The average molecular weight is 308 g/mol. The van der Waals surface area contributed by atoms with Crippen LogP contribution in [0, 0.1) is 5.92 Å². The number of fused-ring (bicyclic) bond motifs is 1. The first-order valence-corrected chi connectivity index (χ1v) is 9.20. The van der Waals surface area contributed by atoms with Crippen LogP contribution < -0.4 is 0 Å². The smallest absolute Gasteiger partial charge is 0.195 e. The fraction of sp³-hybridized carbons (Fsp3) is 0.625. The predicted molar refractivity (Wildman–Crippen MR) is 84.2 cm³/mol. The van der Waals surface area contributed by atoms with Gasteiger partial charge in [0.2, 0.25) is 0 Å². The third-order valence-electron chi connectivity index (χ3n) is 4.85. The molecule has 2 aliphatic rings. The molecule has 0 unspecified atom stereocenters. The van der Waals surface area contributed by atoms with Gasteiger partial charge in [-0.2, -0.15) is 17.0 Å². The second-order valence-electron chi connectivity index (χ2n) is 6.38. The van der Waals surface area contributed by atoms with Crippen molar-refractivity contribution in [3.63, 3.8) is 0 Å². The maximum absolute atomic E-state index is 12.9. The van der Waals surface area contributed by atoms with Gasteiger partial charge in [-0.05, 0) is 42.7 Å². The van der Waals surface area contributed by atoms with E-state index in [1.165, 1.54) is 11.1 Å². The largest absolute Gasteiger partial charge is 0.282 e. The van der Waals surface area contributed by atoms with E-state index in [2.05, 4.69) is 19.1 Å². The van der Waals surface area contributed by atoms with Crippen molar-refractivity contribution in [2.24, 2.45) is 5.92 Å². The van der Waals surface area contributed by atoms with Crippen LogP contribution in [0.5, 0.6) is 0 Å². The summed E-state index contributed by atoms with van der Waals surface area (Å²) in [5, 5.41) is 0. The minimum absolute atomic E-state index is 0.0107. The van der Waals surface area contributed by atoms with Gasteiger partial charge in [-0.3, -0.25) is 0 Å². The lowest BCUT2D eigenvalue weighted by Crippen LogP contribution is -2.47. The minimum atomic E-state index is -3.35. The zero-order valence-corrected chi connectivity index (χ0v) is 13.6. The Morgan fingerprint density at radius 3 is 2.76 bits per heavy atom. The summed E-state index contributed by atoms with van der Waals surface area (Å²) >= 11 is 0. The van der Waals surface area contributed by atoms with Crippen molar-refractivity contribution in [2.75, 3.05) is 20.1 Å². The Balaban J connectivity index is 1.83. The second-order valence-corrected chi connectivity index (χ2v) is 8.37. The monoisotopic (exact) mass is 308 g/mol. The Kier molecular flexibility index (Phi) is 4.08. The Labute approximate surface area is 127 Å². The van der Waals surface area contributed by atoms with Crippen LogP contribution in [0.2, 0.25) is 0 Å². The lowest BCUT2D eigenvalue weighted by atomic mass is 10.0. The summed E-state index contributed by atoms with van der Waals surface area (Å²) in [6.45, 7) is 3.44. The normalized spacial score (nSPS) is 27.0. The summed E-state index contributed by atoms with van der Waals surface area (Å²) < 4.78 is 29.0. The Morgan fingerprint density at radius 1 is 1.24 bits per heavy atom. The summed E-state index contributed by atoms with van der Waals surface area (Å²) in [5.74, 6) is 0.456. The van der Waals surface area contributed by atoms with Gasteiger partial charge >= 0.3 is 0 Å². The molecule has 1 aliphatic heterocycles. The van der Waals surface area contributed by atoms with Crippen molar-refractivity contribution < 1.29 is 8.42 Å². The van der Waals surface area contributed by atoms with Gasteiger partial charge in [-0.1, -0.05) is 31.2 Å². The van der Waals surface area contributed by atoms with Gasteiger partial charge < -0.3 is 0 Å². The summed E-state index contributed by atoms with van der Waals surface area (Å²) in [7, 11) is -1.62. The van der Waals surface area contributed by atoms with Gasteiger partial charge in [0.05, 0.1) is 6.04 Å². The van der Waals surface area contributed by atoms with Crippen LogP contribution >= 0.6 is 0 Å². The topological polar surface area (TPSA) is 40.6 Å². The molecule has 2 atom stereocenters. The molecular weight excluding hydrogens is 284 g/mol. The molecule has 0 amide bonds. The van der Waals surface area contributed by atoms with Gasteiger partial charge in [0.25, 0.3) is 10.2 Å². The number of rotatable bonds is 3. The average Bonchev–Trinajstić information content (AvgIpc) is 2.90. The first-order valence-electron chi connectivity index (χ1n) is 7.81. The highest BCUT2D eigenvalue weighted by Gasteiger charge is 2.37. The van der Waals surface area contributed by atoms with Gasteiger partial charge in [0.1, 0.15) is 0 Å². The fourth-order valence-electron chi connectivity index (χ4n) is 3.61. The number of hydrogen-bond acceptors (Lipinski definition) is 2. The Morgan fingerprint density at radius 2 is 2.00 bits per heavy atom. The number of benzene rings is 1. The van der Waals surface area contributed by atoms with Gasteiger partial charge in [-0.15, -0.1) is 0 Å². The first-order chi connectivity index (χ1) is 10.00. The van der Waals surface area contributed by atoms with Crippen molar-refractivity contribution in [1.29, 1.82) is 0 Å². The van der Waals surface area contributed by atoms with Crippen molar-refractivity contribution in [2.45, 2.75) is 38.6 Å². The van der Waals surface area contributed by atoms with E-state index in [0.717, 1.165) is 25.7 Å². The maximum Gasteiger partial charge on any atom is 0.282 e. The molecular formula is C16H24N2O2S. The quantitative estimate of drug-likeness (QED) is 0.861. The molecule has 1 aliphatic carbocycles. The Hall–Kier alpha value is -0.910. The lowest BCUT2D eigenvalue weighted by molar-refractivity contribution is 0.251. The molecule has 0 bridgehead atoms. The van der Waals surface area contributed by atoms with E-state index in [9.17, 15) is 8.42 Å². The molecule has 1 fully saturated rings. The number of hydrogen-bond donors (Lipinski definition) is 0. The van der Waals surface area contributed by atoms with Crippen molar-refractivity contribution in [1.82, 2.24) is 8.61 Å². The summed E-state index contributed by atoms with van der Waals surface area (Å²) in [6, 6.07) is 8.20. The van der Waals surface area contributed by atoms with E-state index in [4.69, 9.17) is 0 Å². The van der Waals surface area contributed by atoms with Crippen LogP contribution in [0.1, 0.15) is 43.4 Å². The molecule has 1 aromatic carbocycles. The SMILES string of the molecule is C[C@@H]1CCCN(S(=O)(=O)N(C)[C@H]2CCc3ccccc32)C1. The number of piperidine rings is 1. The molecule has 5 heteroatoms. The molecule has 0 radical (unpaired) electrons. The molecule has 1 aromatic rings. The summed E-state index contributed by atoms with van der Waals surface area (Å²) in [4.78, 5) is 0. The van der Waals surface area contributed by atoms with Crippen LogP contribution in [0.25, 0.3) is 0 Å². The van der Waals surface area contributed by atoms with Crippen LogP contribution in [0.3, 0.4) is 0 Å². The lowest BCUT2D eigenvalue weighted by Gasteiger charge is -2.35. The van der Waals surface area contributed by atoms with Crippen LogP contribution in [-0.4, -0.2) is 37.2 Å². The summed E-state index contributed by atoms with van der Waals surface area (Å²) in [5.41, 5.74) is 2.46. The molecule has 0 saturated carbocycles. The van der Waals surface area contributed by atoms with Crippen molar-refractivity contribution in [3.05, 3.63) is 35.4 Å². The summed E-state index contributed by atoms with van der Waals surface area (Å²) in [6.07, 6.45) is 3.95. The van der Waals surface area contributed by atoms with E-state index in [1.54, 1.807) is 15.7 Å². The van der Waals surface area contributed by atoms with E-state index in [1.807, 2.05) is 12.1 Å². The second kappa shape index (κ2) is 5.71. The van der Waals surface area contributed by atoms with E-state index >= 15 is 0 Å². The van der Waals surface area contributed by atoms with E-state index in [-0.39, 0.29) is 6.04 Å². The molecule has 21 heavy (non-hydrogen) atoms. The third-order valence-corrected chi connectivity index (χ3v) is 6.82. The molecule has 4 nitrogen and oxygen atoms in total. The fourth-order valence-corrected chi connectivity index (χ4v) is 5.32. The first kappa shape index (κ1) is 15.0. The van der Waals surface area contributed by atoms with Crippen LogP contribution in [0.15, 0.2) is 24.3 Å². The maximum atomic E-state index is 12.9. The molecule has 0 spiro atoms. The molecule has 0 aromatic heterocycles. The van der Waals surface area contributed by atoms with Gasteiger partial charge in [0, 0.05) is 20.1 Å². The molecule has 116 valence electrons. The van der Waals surface area contributed by atoms with Crippen LogP contribution in [-0.2, 0) is 16.6 Å². The number of nitrogens with zero attached hydrogens (tertiary/aromatic N) is 2. The van der Waals surface area contributed by atoms with Crippen LogP contribution in [0.4, 0.5) is 0 Å². The minimum Gasteiger partial charge on any atom is -0.195 e. The Bertz CT molecular complexity index is 614. The third kappa shape index (κ3) is 2.74. The number of aryl methyl sites for hydroxylation is 1. The highest BCUT2D eigenvalue weighted by Crippen LogP contribution is 2.37. The highest BCUT2D eigenvalue weighted by molar-refractivity contribution is 7.86. The van der Waals surface area contributed by atoms with Crippen molar-refractivity contribution >= 4 is 10.2 Å². The molecule has 3 rings (SSSR count). The zero-order valence-electron chi connectivity index (χ0n) is 12.8. The van der Waals surface area contributed by atoms with Gasteiger partial charge in [0.15, 0.2) is 0 Å². The predicted octanol–water partition coefficient (Wildman–Crippen LogP) is 2.58. The standard InChI is InChI=1S/C16H24N2O2S/c1-13-6-5-11-18(12-13)21(19,20)17(2)16-10-9-14-7-3-4-8-15(14)16/h3-4,7-8,13,16H,5-6,9-12H2,1-2H3/t13-,16+/m1/s1. The van der Waals surface area contributed by atoms with Gasteiger partial charge in [-0.25, -0.2) is 0 Å².